The number of ether oxygens (including phenoxy) is 1. The van der Waals surface area contributed by atoms with Crippen LogP contribution in [0.25, 0.3) is 0 Å². The van der Waals surface area contributed by atoms with E-state index in [0.717, 1.165) is 0 Å². The zero-order valence-electron chi connectivity index (χ0n) is 10.7. The maximum atomic E-state index is 11.9. The first-order chi connectivity index (χ1) is 9.60. The highest BCUT2D eigenvalue weighted by molar-refractivity contribution is 5.92. The van der Waals surface area contributed by atoms with Gasteiger partial charge in [-0.3, -0.25) is 9.48 Å². The van der Waals surface area contributed by atoms with Crippen molar-refractivity contribution >= 4 is 17.6 Å². The number of carbonyl (C=O) groups excluding carboxylic acids is 1. The van der Waals surface area contributed by atoms with E-state index < -0.39 is 5.97 Å². The number of amides is 1. The highest BCUT2D eigenvalue weighted by Crippen LogP contribution is 2.22. The standard InChI is InChI=1S/C13H13N3O4/c1-20-11-5-3-2-4-10(11)15-12(17)8-16-7-9(6-14-16)13(18)19/h2-7H,8H2,1H3,(H,15,17)(H,18,19). The Kier molecular flexibility index (Phi) is 3.99. The van der Waals surface area contributed by atoms with Gasteiger partial charge < -0.3 is 15.2 Å². The number of para-hydroxylation sites is 2. The van der Waals surface area contributed by atoms with Gasteiger partial charge in [-0.15, -0.1) is 0 Å². The van der Waals surface area contributed by atoms with E-state index in [-0.39, 0.29) is 18.0 Å². The van der Waals surface area contributed by atoms with Crippen LogP contribution in [-0.4, -0.2) is 33.9 Å². The Bertz CT molecular complexity index is 636. The summed E-state index contributed by atoms with van der Waals surface area (Å²) < 4.78 is 6.38. The van der Waals surface area contributed by atoms with Crippen molar-refractivity contribution < 1.29 is 19.4 Å². The summed E-state index contributed by atoms with van der Waals surface area (Å²) in [6, 6.07) is 7.00. The number of hydrogen-bond acceptors (Lipinski definition) is 4. The summed E-state index contributed by atoms with van der Waals surface area (Å²) in [5, 5.41) is 15.2. The summed E-state index contributed by atoms with van der Waals surface area (Å²) in [5.74, 6) is -0.858. The number of methoxy groups -OCH3 is 1. The average Bonchev–Trinajstić information content (AvgIpc) is 2.88. The molecule has 7 heteroatoms. The van der Waals surface area contributed by atoms with E-state index in [1.807, 2.05) is 0 Å². The molecule has 1 aromatic heterocycles. The van der Waals surface area contributed by atoms with E-state index in [1.165, 1.54) is 24.2 Å². The van der Waals surface area contributed by atoms with Crippen LogP contribution < -0.4 is 10.1 Å². The molecule has 1 amide bonds. The summed E-state index contributed by atoms with van der Waals surface area (Å²) in [5.41, 5.74) is 0.584. The van der Waals surface area contributed by atoms with Gasteiger partial charge in [0.15, 0.2) is 0 Å². The van der Waals surface area contributed by atoms with Crippen LogP contribution in [0.15, 0.2) is 36.7 Å². The second-order valence-corrected chi connectivity index (χ2v) is 3.98. The number of benzene rings is 1. The van der Waals surface area contributed by atoms with Gasteiger partial charge >= 0.3 is 5.97 Å². The molecule has 0 aliphatic rings. The fourth-order valence-electron chi connectivity index (χ4n) is 1.65. The molecule has 2 N–H and O–H groups in total. The predicted octanol–water partition coefficient (Wildman–Crippen LogP) is 1.23. The zero-order chi connectivity index (χ0) is 14.5. The van der Waals surface area contributed by atoms with Crippen molar-refractivity contribution in [3.63, 3.8) is 0 Å². The SMILES string of the molecule is COc1ccccc1NC(=O)Cn1cc(C(=O)O)cn1. The van der Waals surface area contributed by atoms with Gasteiger partial charge in [0.25, 0.3) is 0 Å². The lowest BCUT2D eigenvalue weighted by molar-refractivity contribution is -0.116. The van der Waals surface area contributed by atoms with Crippen molar-refractivity contribution in [2.75, 3.05) is 12.4 Å². The molecular formula is C13H13N3O4. The van der Waals surface area contributed by atoms with E-state index in [0.29, 0.717) is 11.4 Å². The largest absolute Gasteiger partial charge is 0.495 e. The Morgan fingerprint density at radius 1 is 1.40 bits per heavy atom. The third kappa shape index (κ3) is 3.14. The summed E-state index contributed by atoms with van der Waals surface area (Å²) in [6.07, 6.45) is 2.49. The van der Waals surface area contributed by atoms with Crippen LogP contribution in [0.1, 0.15) is 10.4 Å². The number of carbonyl (C=O) groups is 2. The third-order valence-corrected chi connectivity index (χ3v) is 2.57. The summed E-state index contributed by atoms with van der Waals surface area (Å²) in [7, 11) is 1.51. The normalized spacial score (nSPS) is 10.1. The van der Waals surface area contributed by atoms with Crippen molar-refractivity contribution in [3.05, 3.63) is 42.2 Å². The molecule has 7 nitrogen and oxygen atoms in total. The molecular weight excluding hydrogens is 262 g/mol. The van der Waals surface area contributed by atoms with E-state index in [9.17, 15) is 9.59 Å². The molecule has 1 heterocycles. The molecule has 0 atom stereocenters. The minimum atomic E-state index is -1.08. The number of rotatable bonds is 5. The van der Waals surface area contributed by atoms with Crippen LogP contribution in [0, 0.1) is 0 Å². The molecule has 0 aliphatic carbocycles. The molecule has 0 aliphatic heterocycles. The Hall–Kier alpha value is -2.83. The maximum Gasteiger partial charge on any atom is 0.338 e. The van der Waals surface area contributed by atoms with E-state index in [4.69, 9.17) is 9.84 Å². The number of carboxylic acid groups (broad SMARTS) is 1. The number of nitrogens with one attached hydrogen (secondary N) is 1. The maximum absolute atomic E-state index is 11.9. The van der Waals surface area contributed by atoms with Gasteiger partial charge in [-0.1, -0.05) is 12.1 Å². The summed E-state index contributed by atoms with van der Waals surface area (Å²) in [6.45, 7) is -0.0780. The molecule has 0 bridgehead atoms. The molecule has 0 radical (unpaired) electrons. The van der Waals surface area contributed by atoms with Gasteiger partial charge in [0, 0.05) is 6.20 Å². The lowest BCUT2D eigenvalue weighted by atomic mass is 10.3. The van der Waals surface area contributed by atoms with Gasteiger partial charge in [0.1, 0.15) is 12.3 Å². The Morgan fingerprint density at radius 2 is 2.15 bits per heavy atom. The fourth-order valence-corrected chi connectivity index (χ4v) is 1.65. The molecule has 104 valence electrons. The van der Waals surface area contributed by atoms with Crippen molar-refractivity contribution in [3.8, 4) is 5.75 Å². The van der Waals surface area contributed by atoms with Crippen LogP contribution in [-0.2, 0) is 11.3 Å². The van der Waals surface area contributed by atoms with Gasteiger partial charge in [-0.25, -0.2) is 4.79 Å². The first-order valence-corrected chi connectivity index (χ1v) is 5.79. The van der Waals surface area contributed by atoms with Gasteiger partial charge in [0.2, 0.25) is 5.91 Å². The number of nitrogens with zero attached hydrogens (tertiary/aromatic N) is 2. The molecule has 1 aromatic carbocycles. The van der Waals surface area contributed by atoms with E-state index in [1.54, 1.807) is 24.3 Å². The minimum absolute atomic E-state index is 0.0371. The van der Waals surface area contributed by atoms with Gasteiger partial charge in [-0.05, 0) is 12.1 Å². The van der Waals surface area contributed by atoms with Crippen LogP contribution in [0.3, 0.4) is 0 Å². The molecule has 2 rings (SSSR count). The molecule has 0 spiro atoms. The first-order valence-electron chi connectivity index (χ1n) is 5.79. The lowest BCUT2D eigenvalue weighted by Crippen LogP contribution is -2.19. The number of aromatic nitrogens is 2. The molecule has 0 fully saturated rings. The molecule has 0 saturated carbocycles. The lowest BCUT2D eigenvalue weighted by Gasteiger charge is -2.09. The predicted molar refractivity (Wildman–Crippen MR) is 70.8 cm³/mol. The van der Waals surface area contributed by atoms with Crippen molar-refractivity contribution in [2.24, 2.45) is 0 Å². The number of anilines is 1. The molecule has 20 heavy (non-hydrogen) atoms. The monoisotopic (exact) mass is 275 g/mol. The smallest absolute Gasteiger partial charge is 0.338 e. The number of hydrogen-bond donors (Lipinski definition) is 2. The topological polar surface area (TPSA) is 93.5 Å². The quantitative estimate of drug-likeness (QED) is 0.856. The molecule has 0 saturated heterocycles. The van der Waals surface area contributed by atoms with Gasteiger partial charge in [-0.2, -0.15) is 5.10 Å². The average molecular weight is 275 g/mol. The van der Waals surface area contributed by atoms with Crippen LogP contribution in [0.2, 0.25) is 0 Å². The second-order valence-electron chi connectivity index (χ2n) is 3.98. The Balaban J connectivity index is 2.03. The van der Waals surface area contributed by atoms with Crippen LogP contribution in [0.5, 0.6) is 5.75 Å². The zero-order valence-corrected chi connectivity index (χ0v) is 10.7. The van der Waals surface area contributed by atoms with Crippen molar-refractivity contribution in [1.82, 2.24) is 9.78 Å². The number of carboxylic acids is 1. The fraction of sp³-hybridized carbons (Fsp3) is 0.154. The van der Waals surface area contributed by atoms with Crippen molar-refractivity contribution in [2.45, 2.75) is 6.54 Å². The first kappa shape index (κ1) is 13.6. The summed E-state index contributed by atoms with van der Waals surface area (Å²) in [4.78, 5) is 22.6. The minimum Gasteiger partial charge on any atom is -0.495 e. The third-order valence-electron chi connectivity index (χ3n) is 2.57. The molecule has 2 aromatic rings. The number of aromatic carboxylic acids is 1. The summed E-state index contributed by atoms with van der Waals surface area (Å²) >= 11 is 0. The Labute approximate surface area is 114 Å². The van der Waals surface area contributed by atoms with Crippen molar-refractivity contribution in [1.29, 1.82) is 0 Å². The van der Waals surface area contributed by atoms with Gasteiger partial charge in [0.05, 0.1) is 24.6 Å². The highest BCUT2D eigenvalue weighted by atomic mass is 16.5. The highest BCUT2D eigenvalue weighted by Gasteiger charge is 2.10. The second kappa shape index (κ2) is 5.87. The van der Waals surface area contributed by atoms with E-state index in [2.05, 4.69) is 10.4 Å². The Morgan fingerprint density at radius 3 is 2.80 bits per heavy atom. The van der Waals surface area contributed by atoms with Crippen LogP contribution in [0.4, 0.5) is 5.69 Å². The van der Waals surface area contributed by atoms with Crippen LogP contribution >= 0.6 is 0 Å². The molecule has 0 unspecified atom stereocenters. The van der Waals surface area contributed by atoms with E-state index >= 15 is 0 Å².